The Morgan fingerprint density at radius 2 is 0.860 bits per heavy atom. The quantitative estimate of drug-likeness (QED) is 0.0436. The second-order valence-electron chi connectivity index (χ2n) is 26.2. The molecular formula is C80H93N7O10S3. The van der Waals surface area contributed by atoms with Crippen LogP contribution in [0.5, 0.6) is 0 Å². The van der Waals surface area contributed by atoms with Gasteiger partial charge in [-0.3, -0.25) is 19.2 Å². The molecule has 0 bridgehead atoms. The van der Waals surface area contributed by atoms with E-state index in [4.69, 9.17) is 11.5 Å². The maximum absolute atomic E-state index is 13.1. The molecule has 0 radical (unpaired) electrons. The van der Waals surface area contributed by atoms with Crippen molar-refractivity contribution in [1.82, 2.24) is 13.7 Å². The minimum Gasteiger partial charge on any atom is -0.398 e. The van der Waals surface area contributed by atoms with Gasteiger partial charge in [-0.1, -0.05) is 149 Å². The summed E-state index contributed by atoms with van der Waals surface area (Å²) in [6, 6.07) is 55.5. The van der Waals surface area contributed by atoms with E-state index in [0.29, 0.717) is 95.4 Å². The van der Waals surface area contributed by atoms with Crippen LogP contribution in [0.25, 0.3) is 0 Å². The SMILES string of the molecule is CCCCC(CC)CNS(=O)(=O)c1cccc(C)c1.CCCN(C)S(=O)(=O)c1cccc(C)c1.Cc1cccc(Nc2cc(C)c(N)c3c2C(=O)c2ccccc2C3=O)c1.Cc1cccc(Nc2ccc(N)c3c2C(=O)c2ccccc2C3=O)c1.Cc1cccc(S(=O)(=O)NC(C)(C)C)c1. The summed E-state index contributed by atoms with van der Waals surface area (Å²) in [6.07, 6.45) is 5.23. The number of hydrogen-bond acceptors (Lipinski definition) is 14. The summed E-state index contributed by atoms with van der Waals surface area (Å²) in [6.45, 7) is 24.3. The van der Waals surface area contributed by atoms with E-state index in [0.717, 1.165) is 76.9 Å². The highest BCUT2D eigenvalue weighted by Crippen LogP contribution is 2.40. The smallest absolute Gasteiger partial charge is 0.242 e. The Kier molecular flexibility index (Phi) is 26.6. The summed E-state index contributed by atoms with van der Waals surface area (Å²) >= 11 is 0. The van der Waals surface area contributed by atoms with Crippen LogP contribution in [0.4, 0.5) is 34.1 Å². The number of fused-ring (bicyclic) bond motifs is 4. The van der Waals surface area contributed by atoms with Crippen molar-refractivity contribution in [1.29, 1.82) is 0 Å². The van der Waals surface area contributed by atoms with Crippen molar-refractivity contribution in [2.45, 2.75) is 135 Å². The molecule has 20 heteroatoms. The molecule has 100 heavy (non-hydrogen) atoms. The van der Waals surface area contributed by atoms with Crippen molar-refractivity contribution in [3.8, 4) is 0 Å². The lowest BCUT2D eigenvalue weighted by Crippen LogP contribution is -2.40. The fourth-order valence-corrected chi connectivity index (χ4v) is 15.4. The van der Waals surface area contributed by atoms with Gasteiger partial charge in [-0.15, -0.1) is 0 Å². The van der Waals surface area contributed by atoms with Crippen molar-refractivity contribution in [2.24, 2.45) is 5.92 Å². The second-order valence-corrected chi connectivity index (χ2v) is 31.6. The Balaban J connectivity index is 0.000000179. The Bertz CT molecular complexity index is 4830. The van der Waals surface area contributed by atoms with Gasteiger partial charge in [0.15, 0.2) is 23.1 Å². The number of nitrogens with zero attached hydrogens (tertiary/aromatic N) is 1. The second kappa shape index (κ2) is 34.1. The van der Waals surface area contributed by atoms with E-state index < -0.39 is 35.6 Å². The highest BCUT2D eigenvalue weighted by atomic mass is 32.2. The van der Waals surface area contributed by atoms with E-state index in [9.17, 15) is 44.4 Å². The topological polar surface area (TPSA) is 274 Å². The fraction of sp³-hybridized carbons (Fsp3) is 0.275. The number of carbonyl (C=O) groups excluding carboxylic acids is 4. The van der Waals surface area contributed by atoms with Crippen LogP contribution >= 0.6 is 0 Å². The predicted octanol–water partition coefficient (Wildman–Crippen LogP) is 16.1. The van der Waals surface area contributed by atoms with Gasteiger partial charge in [0.1, 0.15) is 0 Å². The average molecular weight is 1410 g/mol. The summed E-state index contributed by atoms with van der Waals surface area (Å²) in [4.78, 5) is 53.1. The fourth-order valence-electron chi connectivity index (χ4n) is 11.3. The predicted molar refractivity (Wildman–Crippen MR) is 404 cm³/mol. The molecule has 0 heterocycles. The molecular weight excluding hydrogens is 1320 g/mol. The first-order valence-corrected chi connectivity index (χ1v) is 37.7. The van der Waals surface area contributed by atoms with Crippen LogP contribution in [-0.2, 0) is 30.1 Å². The molecule has 0 spiro atoms. The molecule has 0 saturated carbocycles. The first-order chi connectivity index (χ1) is 47.2. The summed E-state index contributed by atoms with van der Waals surface area (Å²) in [5, 5.41) is 6.55. The highest BCUT2D eigenvalue weighted by Gasteiger charge is 2.36. The monoisotopic (exact) mass is 1410 g/mol. The van der Waals surface area contributed by atoms with Crippen LogP contribution in [0.2, 0.25) is 0 Å². The summed E-state index contributed by atoms with van der Waals surface area (Å²) < 4.78 is 78.8. The van der Waals surface area contributed by atoms with E-state index in [1.54, 1.807) is 122 Å². The Morgan fingerprint density at radius 3 is 1.30 bits per heavy atom. The number of aryl methyl sites for hydroxylation is 6. The maximum atomic E-state index is 13.1. The molecule has 1 atom stereocenters. The molecule has 9 aromatic carbocycles. The molecule has 0 aliphatic heterocycles. The summed E-state index contributed by atoms with van der Waals surface area (Å²) in [7, 11) is -8.43. The van der Waals surface area contributed by atoms with Crippen LogP contribution < -0.4 is 31.5 Å². The summed E-state index contributed by atoms with van der Waals surface area (Å²) in [5.41, 5.74) is 24.1. The molecule has 2 aliphatic carbocycles. The lowest BCUT2D eigenvalue weighted by molar-refractivity contribution is 0.0980. The van der Waals surface area contributed by atoms with Gasteiger partial charge >= 0.3 is 0 Å². The summed E-state index contributed by atoms with van der Waals surface area (Å²) in [5.74, 6) is -0.358. The minimum atomic E-state index is -3.39. The van der Waals surface area contributed by atoms with E-state index in [2.05, 4.69) is 33.9 Å². The first-order valence-electron chi connectivity index (χ1n) is 33.3. The molecule has 17 nitrogen and oxygen atoms in total. The number of rotatable bonds is 18. The highest BCUT2D eigenvalue weighted by molar-refractivity contribution is 7.90. The van der Waals surface area contributed by atoms with Gasteiger partial charge in [0.05, 0.1) is 48.3 Å². The number of anilines is 6. The van der Waals surface area contributed by atoms with Crippen LogP contribution in [0, 0.1) is 47.5 Å². The zero-order valence-electron chi connectivity index (χ0n) is 59.3. The number of nitrogens with two attached hydrogens (primary N) is 2. The first kappa shape index (κ1) is 77.9. The van der Waals surface area contributed by atoms with Crippen molar-refractivity contribution < 1.29 is 44.4 Å². The lowest BCUT2D eigenvalue weighted by atomic mass is 9.81. The Morgan fingerprint density at radius 1 is 0.450 bits per heavy atom. The normalized spacial score (nSPS) is 12.7. The molecule has 0 saturated heterocycles. The van der Waals surface area contributed by atoms with Crippen LogP contribution in [0.3, 0.4) is 0 Å². The van der Waals surface area contributed by atoms with Gasteiger partial charge in [-0.05, 0) is 193 Å². The number of nitrogen functional groups attached to an aromatic ring is 2. The number of nitrogens with one attached hydrogen (secondary N) is 4. The standard InChI is InChI=1S/C22H18N2O2.C21H16N2O2.C15H25NO2S.2C11H17NO2S/c1-12-6-5-7-14(10-12)24-17-11-13(2)20(23)19-18(17)21(25)15-8-3-4-9-16(15)22(19)26;1-12-5-4-6-13(11-12)23-17-10-9-16(22)18-19(17)21(25)15-8-3-2-7-14(15)20(18)24;1-4-6-9-14(5-2)12-16-19(17,18)15-10-7-8-13(3)11-15;1-9-6-5-7-10(8-9)15(13,14)12-11(2,3)4;1-4-8-12(3)15(13,14)11-7-5-6-10(2)9-11/h3-11,24H,23H2,1-2H3;2-11,23H,22H2,1H3;7-8,10-11,14,16H,4-6,9,12H2,1-3H3;5-8,12H,1-4H3;5-7,9H,4,8H2,1-3H3. The van der Waals surface area contributed by atoms with E-state index >= 15 is 0 Å². The van der Waals surface area contributed by atoms with E-state index in [1.807, 2.05) is 142 Å². The van der Waals surface area contributed by atoms with Gasteiger partial charge in [-0.25, -0.2) is 39.0 Å². The molecule has 0 amide bonds. The average Bonchev–Trinajstić information content (AvgIpc) is 0.747. The van der Waals surface area contributed by atoms with Crippen molar-refractivity contribution in [3.05, 3.63) is 266 Å². The maximum Gasteiger partial charge on any atom is 0.242 e. The Hall–Kier alpha value is -9.41. The van der Waals surface area contributed by atoms with Crippen molar-refractivity contribution in [3.63, 3.8) is 0 Å². The number of sulfonamides is 3. The molecule has 8 N–H and O–H groups in total. The lowest BCUT2D eigenvalue weighted by Gasteiger charge is -2.23. The van der Waals surface area contributed by atoms with Crippen molar-refractivity contribution >= 4 is 87.3 Å². The third kappa shape index (κ3) is 19.9. The van der Waals surface area contributed by atoms with Gasteiger partial charge in [0, 0.05) is 70.7 Å². The molecule has 11 rings (SSSR count). The zero-order chi connectivity index (χ0) is 73.4. The molecule has 0 aromatic heterocycles. The number of hydrogen-bond donors (Lipinski definition) is 6. The van der Waals surface area contributed by atoms with Crippen LogP contribution in [-0.4, -0.2) is 78.4 Å². The number of unbranched alkanes of at least 4 members (excludes halogenated alkanes) is 1. The van der Waals surface area contributed by atoms with Crippen LogP contribution in [0.15, 0.2) is 203 Å². The van der Waals surface area contributed by atoms with Gasteiger partial charge < -0.3 is 22.1 Å². The van der Waals surface area contributed by atoms with Gasteiger partial charge in [0.2, 0.25) is 30.1 Å². The minimum absolute atomic E-state index is 0.183. The Labute approximate surface area is 591 Å². The zero-order valence-corrected chi connectivity index (χ0v) is 61.8. The van der Waals surface area contributed by atoms with Crippen LogP contribution in [0.1, 0.15) is 171 Å². The third-order valence-corrected chi connectivity index (χ3v) is 21.6. The largest absolute Gasteiger partial charge is 0.398 e. The molecule has 2 aliphatic rings. The van der Waals surface area contributed by atoms with E-state index in [1.165, 1.54) is 4.31 Å². The molecule has 9 aromatic rings. The molecule has 1 unspecified atom stereocenters. The third-order valence-electron chi connectivity index (χ3n) is 16.5. The van der Waals surface area contributed by atoms with E-state index in [-0.39, 0.29) is 28.7 Å². The molecule has 526 valence electrons. The number of ketones is 4. The van der Waals surface area contributed by atoms with Gasteiger partial charge in [0.25, 0.3) is 0 Å². The number of benzene rings is 9. The number of carbonyl (C=O) groups is 4. The van der Waals surface area contributed by atoms with Gasteiger partial charge in [-0.2, -0.15) is 0 Å². The molecule has 0 fully saturated rings. The van der Waals surface area contributed by atoms with Crippen molar-refractivity contribution in [2.75, 3.05) is 42.2 Å².